The molecule has 5 rings (SSSR count). The molecule has 0 bridgehead atoms. The van der Waals surface area contributed by atoms with Gasteiger partial charge in [0.15, 0.2) is 0 Å². The number of anilines is 2. The van der Waals surface area contributed by atoms with Crippen molar-refractivity contribution in [3.63, 3.8) is 0 Å². The van der Waals surface area contributed by atoms with Gasteiger partial charge in [-0.25, -0.2) is 0 Å². The number of likely N-dealkylation sites (tertiary alicyclic amines) is 1. The number of hydrogen-bond donors (Lipinski definition) is 2. The zero-order chi connectivity index (χ0) is 24.1. The van der Waals surface area contributed by atoms with Gasteiger partial charge in [-0.1, -0.05) is 13.8 Å². The van der Waals surface area contributed by atoms with Crippen molar-refractivity contribution in [2.45, 2.75) is 32.7 Å². The number of nitrogen functional groups attached to an aromatic ring is 1. The summed E-state index contributed by atoms with van der Waals surface area (Å²) in [5.41, 5.74) is 10.0. The Balaban J connectivity index is 0.00000133. The third-order valence-corrected chi connectivity index (χ3v) is 7.01. The van der Waals surface area contributed by atoms with Gasteiger partial charge >= 0.3 is 179 Å². The number of pyridine rings is 1. The van der Waals surface area contributed by atoms with Crippen molar-refractivity contribution in [3.8, 4) is 11.3 Å². The first-order valence-corrected chi connectivity index (χ1v) is 13.5. The van der Waals surface area contributed by atoms with E-state index in [2.05, 4.69) is 21.5 Å². The first kappa shape index (κ1) is 24.1. The van der Waals surface area contributed by atoms with E-state index in [1.54, 1.807) is 30.5 Å². The molecular weight excluding hydrogens is 622 g/mol. The molecule has 34 heavy (non-hydrogen) atoms. The molecule has 1 amide bonds. The van der Waals surface area contributed by atoms with E-state index < -0.39 is 0 Å². The van der Waals surface area contributed by atoms with Crippen molar-refractivity contribution in [2.24, 2.45) is 0 Å². The summed E-state index contributed by atoms with van der Waals surface area (Å²) in [7, 11) is 0. The van der Waals surface area contributed by atoms with Gasteiger partial charge in [0.1, 0.15) is 0 Å². The summed E-state index contributed by atoms with van der Waals surface area (Å²) >= 11 is 0.823. The number of aromatic nitrogens is 4. The second-order valence-electron chi connectivity index (χ2n) is 7.88. The second kappa shape index (κ2) is 10.9. The minimum absolute atomic E-state index is 0.0260. The summed E-state index contributed by atoms with van der Waals surface area (Å²) in [6, 6.07) is 15.1. The molecule has 1 atom stereocenters. The molecule has 1 fully saturated rings. The van der Waals surface area contributed by atoms with E-state index in [0.29, 0.717) is 23.7 Å². The second-order valence-corrected chi connectivity index (χ2v) is 9.72. The number of benzene rings is 1. The van der Waals surface area contributed by atoms with Crippen LogP contribution in [0.3, 0.4) is 0 Å². The number of fused-ring (bicyclic) bond motifs is 1. The number of carbonyl (C=O) groups excluding carboxylic acids is 1. The van der Waals surface area contributed by atoms with Crippen LogP contribution in [0.4, 0.5) is 11.6 Å². The van der Waals surface area contributed by atoms with Crippen LogP contribution in [-0.2, 0) is 0 Å². The van der Waals surface area contributed by atoms with Crippen molar-refractivity contribution in [3.05, 3.63) is 66.5 Å². The van der Waals surface area contributed by atoms with Gasteiger partial charge in [0.2, 0.25) is 0 Å². The first-order chi connectivity index (χ1) is 16.6. The molecule has 4 aromatic rings. The van der Waals surface area contributed by atoms with Crippen molar-refractivity contribution in [1.82, 2.24) is 24.5 Å². The Morgan fingerprint density at radius 2 is 1.94 bits per heavy atom. The molecule has 1 aromatic carbocycles. The topological polar surface area (TPSA) is 101 Å². The van der Waals surface area contributed by atoms with Gasteiger partial charge in [0.05, 0.1) is 0 Å². The molecule has 173 valence electrons. The Morgan fingerprint density at radius 3 is 2.74 bits per heavy atom. The quantitative estimate of drug-likeness (QED) is 0.261. The zero-order valence-corrected chi connectivity index (χ0v) is 23.3. The van der Waals surface area contributed by atoms with Gasteiger partial charge in [-0.15, -0.1) is 0 Å². The number of piperidine rings is 1. The van der Waals surface area contributed by atoms with Gasteiger partial charge in [-0.2, -0.15) is 0 Å². The molecule has 9 heteroatoms. The Morgan fingerprint density at radius 1 is 1.15 bits per heavy atom. The Hall–Kier alpha value is -3.02. The summed E-state index contributed by atoms with van der Waals surface area (Å²) in [5.74, 6) is 0.601. The number of rotatable bonds is 4. The number of nitrogens with zero attached hydrogens (tertiary/aromatic N) is 5. The SMILES string of the molecule is CC.Nc1ccc(C(=O)N2CCCC(Nc3nccc(-c4[c]([Pb])nn5ccccc45)n3)C2)cc1. The molecule has 0 spiro atoms. The molecule has 3 aromatic heterocycles. The van der Waals surface area contributed by atoms with Gasteiger partial charge < -0.3 is 5.73 Å². The summed E-state index contributed by atoms with van der Waals surface area (Å²) in [5, 5.41) is 8.09. The Kier molecular flexibility index (Phi) is 7.76. The van der Waals surface area contributed by atoms with Crippen molar-refractivity contribution in [2.75, 3.05) is 24.1 Å². The predicted octanol–water partition coefficient (Wildman–Crippen LogP) is 2.91. The molecule has 1 saturated heterocycles. The summed E-state index contributed by atoms with van der Waals surface area (Å²) in [4.78, 5) is 24.0. The normalized spacial score (nSPS) is 15.5. The third kappa shape index (κ3) is 5.21. The fourth-order valence-corrected chi connectivity index (χ4v) is 5.50. The van der Waals surface area contributed by atoms with Crippen LogP contribution in [0.1, 0.15) is 37.0 Å². The van der Waals surface area contributed by atoms with E-state index >= 15 is 0 Å². The average molecular weight is 650 g/mol. The van der Waals surface area contributed by atoms with Gasteiger partial charge in [0.25, 0.3) is 0 Å². The minimum atomic E-state index is 0.0260. The van der Waals surface area contributed by atoms with Crippen LogP contribution in [0, 0.1) is 0 Å². The van der Waals surface area contributed by atoms with Gasteiger partial charge in [-0.05, 0) is 12.1 Å². The number of hydrogen-bond acceptors (Lipinski definition) is 6. The maximum atomic E-state index is 12.9. The first-order valence-electron chi connectivity index (χ1n) is 11.5. The van der Waals surface area contributed by atoms with Crippen LogP contribution in [0.2, 0.25) is 0 Å². The minimum Gasteiger partial charge on any atom is -0.0384 e. The van der Waals surface area contributed by atoms with E-state index in [9.17, 15) is 4.79 Å². The zero-order valence-electron chi connectivity index (χ0n) is 19.4. The van der Waals surface area contributed by atoms with E-state index in [-0.39, 0.29) is 11.9 Å². The molecule has 8 nitrogen and oxygen atoms in total. The van der Waals surface area contributed by atoms with Crippen LogP contribution in [-0.4, -0.2) is 75.3 Å². The molecule has 0 aliphatic carbocycles. The van der Waals surface area contributed by atoms with E-state index in [0.717, 1.165) is 65.2 Å². The van der Waals surface area contributed by atoms with Crippen LogP contribution < -0.4 is 14.3 Å². The van der Waals surface area contributed by atoms with Crippen LogP contribution in [0.25, 0.3) is 16.8 Å². The molecule has 1 aliphatic rings. The van der Waals surface area contributed by atoms with Crippen LogP contribution in [0.15, 0.2) is 60.9 Å². The summed E-state index contributed by atoms with van der Waals surface area (Å²) < 4.78 is 2.95. The average Bonchev–Trinajstić information content (AvgIpc) is 3.21. The summed E-state index contributed by atoms with van der Waals surface area (Å²) in [6.45, 7) is 5.36. The molecule has 0 saturated carbocycles. The molecule has 1 unspecified atom stereocenters. The van der Waals surface area contributed by atoms with E-state index in [1.807, 2.05) is 47.7 Å². The number of carbonyl (C=O) groups is 1. The Labute approximate surface area is 215 Å². The smallest absolute Gasteiger partial charge is 0.0384 e. The van der Waals surface area contributed by atoms with Crippen molar-refractivity contribution >= 4 is 52.1 Å². The van der Waals surface area contributed by atoms with Crippen LogP contribution >= 0.6 is 0 Å². The van der Waals surface area contributed by atoms with Crippen molar-refractivity contribution < 1.29 is 4.79 Å². The molecule has 1 aliphatic heterocycles. The monoisotopic (exact) mass is 650 g/mol. The molecule has 4 heterocycles. The predicted molar refractivity (Wildman–Crippen MR) is 136 cm³/mol. The number of nitrogens with two attached hydrogens (primary N) is 1. The fraction of sp³-hybridized carbons (Fsp3) is 0.280. The van der Waals surface area contributed by atoms with Gasteiger partial charge in [-0.3, -0.25) is 0 Å². The fourth-order valence-electron chi connectivity index (χ4n) is 4.09. The molecular formula is C25H28N7OPb. The Bertz CT molecular complexity index is 1270. The van der Waals surface area contributed by atoms with Gasteiger partial charge in [0, 0.05) is 5.69 Å². The van der Waals surface area contributed by atoms with Crippen LogP contribution in [0.5, 0.6) is 0 Å². The maximum absolute atomic E-state index is 12.9. The standard InChI is InChI=1S/C23H22N7O.C2H6.Pb/c24-17-8-6-16(7-9-17)22(31)29-12-3-4-18(15-29)27-23-25-11-10-20(28-23)19-14-26-30-13-2-1-5-21(19)30;1-2;/h1-2,5-11,13,18H,3-4,12,15,24H2,(H,25,27,28);1-2H3;. The number of amides is 1. The summed E-state index contributed by atoms with van der Waals surface area (Å²) in [6.07, 6.45) is 5.62. The molecule has 3 N–H and O–H groups in total. The van der Waals surface area contributed by atoms with E-state index in [1.165, 1.54) is 0 Å². The number of nitrogens with one attached hydrogen (secondary N) is 1. The molecule has 3 radical (unpaired) electrons. The third-order valence-electron chi connectivity index (χ3n) is 5.65. The van der Waals surface area contributed by atoms with Crippen molar-refractivity contribution in [1.29, 1.82) is 0 Å². The van der Waals surface area contributed by atoms with E-state index in [4.69, 9.17) is 10.7 Å².